The lowest BCUT2D eigenvalue weighted by molar-refractivity contribution is -0.385. The first kappa shape index (κ1) is 12.3. The van der Waals surface area contributed by atoms with Gasteiger partial charge in [0.15, 0.2) is 5.76 Å². The average Bonchev–Trinajstić information content (AvgIpc) is 2.78. The summed E-state index contributed by atoms with van der Waals surface area (Å²) in [7, 11) is 1.81. The molecule has 18 heavy (non-hydrogen) atoms. The lowest BCUT2D eigenvalue weighted by Crippen LogP contribution is -2.05. The number of benzene rings is 1. The third-order valence-corrected chi connectivity index (χ3v) is 2.68. The predicted octanol–water partition coefficient (Wildman–Crippen LogP) is 2.28. The highest BCUT2D eigenvalue weighted by Crippen LogP contribution is 2.28. The second-order valence-electron chi connectivity index (χ2n) is 3.97. The molecule has 94 valence electrons. The van der Waals surface area contributed by atoms with Crippen LogP contribution >= 0.6 is 0 Å². The molecule has 0 amide bonds. The number of hydrogen-bond donors (Lipinski definition) is 1. The first-order valence-corrected chi connectivity index (χ1v) is 5.47. The summed E-state index contributed by atoms with van der Waals surface area (Å²) in [6.07, 6.45) is 1.61. The highest BCUT2D eigenvalue weighted by atomic mass is 16.6. The Bertz CT molecular complexity index is 578. The third-order valence-electron chi connectivity index (χ3n) is 2.68. The van der Waals surface area contributed by atoms with Crippen LogP contribution in [-0.2, 0) is 6.54 Å². The molecule has 0 saturated carbocycles. The fourth-order valence-corrected chi connectivity index (χ4v) is 1.76. The molecule has 0 radical (unpaired) electrons. The van der Waals surface area contributed by atoms with Crippen molar-refractivity contribution in [2.75, 3.05) is 7.05 Å². The molecular weight excluding hydrogens is 234 g/mol. The highest BCUT2D eigenvalue weighted by Gasteiger charge is 2.16. The van der Waals surface area contributed by atoms with Crippen molar-refractivity contribution in [1.82, 2.24) is 10.5 Å². The molecule has 2 rings (SSSR count). The Morgan fingerprint density at radius 2 is 2.28 bits per heavy atom. The smallest absolute Gasteiger partial charge is 0.273 e. The lowest BCUT2D eigenvalue weighted by Gasteiger charge is -2.02. The zero-order valence-electron chi connectivity index (χ0n) is 10.1. The van der Waals surface area contributed by atoms with Gasteiger partial charge in [-0.1, -0.05) is 17.3 Å². The SMILES string of the molecule is CNCc1cnoc1-c1ccc(C)c([N+](=O)[O-])c1. The van der Waals surface area contributed by atoms with Crippen LogP contribution in [0.2, 0.25) is 0 Å². The van der Waals surface area contributed by atoms with Crippen molar-refractivity contribution in [2.45, 2.75) is 13.5 Å². The quantitative estimate of drug-likeness (QED) is 0.662. The van der Waals surface area contributed by atoms with Crippen LogP contribution in [0.5, 0.6) is 0 Å². The minimum absolute atomic E-state index is 0.0827. The Hall–Kier alpha value is -2.21. The van der Waals surface area contributed by atoms with Gasteiger partial charge in [0, 0.05) is 29.3 Å². The Morgan fingerprint density at radius 3 is 2.94 bits per heavy atom. The molecule has 6 nitrogen and oxygen atoms in total. The molecule has 1 aromatic heterocycles. The van der Waals surface area contributed by atoms with Crippen molar-refractivity contribution in [1.29, 1.82) is 0 Å². The summed E-state index contributed by atoms with van der Waals surface area (Å²) in [6, 6.07) is 5.01. The van der Waals surface area contributed by atoms with Crippen LogP contribution in [0.3, 0.4) is 0 Å². The normalized spacial score (nSPS) is 10.6. The molecule has 0 aliphatic heterocycles. The second kappa shape index (κ2) is 4.97. The van der Waals surface area contributed by atoms with E-state index in [2.05, 4.69) is 10.5 Å². The van der Waals surface area contributed by atoms with Gasteiger partial charge in [-0.15, -0.1) is 0 Å². The summed E-state index contributed by atoms with van der Waals surface area (Å²) in [5, 5.41) is 17.6. The van der Waals surface area contributed by atoms with E-state index in [0.717, 1.165) is 5.56 Å². The molecule has 0 aliphatic rings. The Labute approximate surface area is 104 Å². The van der Waals surface area contributed by atoms with Gasteiger partial charge in [-0.25, -0.2) is 0 Å². The number of aromatic nitrogens is 1. The van der Waals surface area contributed by atoms with E-state index in [1.807, 2.05) is 7.05 Å². The van der Waals surface area contributed by atoms with Crippen LogP contribution in [-0.4, -0.2) is 17.1 Å². The maximum absolute atomic E-state index is 10.9. The number of nitrogens with one attached hydrogen (secondary N) is 1. The summed E-state index contributed by atoms with van der Waals surface area (Å²) in [6.45, 7) is 2.30. The van der Waals surface area contributed by atoms with Crippen molar-refractivity contribution in [2.24, 2.45) is 0 Å². The number of nitrogens with zero attached hydrogens (tertiary/aromatic N) is 2. The molecule has 0 bridgehead atoms. The van der Waals surface area contributed by atoms with Crippen LogP contribution in [0, 0.1) is 17.0 Å². The number of nitro groups is 1. The van der Waals surface area contributed by atoms with Gasteiger partial charge in [-0.3, -0.25) is 10.1 Å². The standard InChI is InChI=1S/C12H13N3O3/c1-8-3-4-9(5-11(8)15(16)17)12-10(6-13-2)7-14-18-12/h3-5,7,13H,6H2,1-2H3. The zero-order valence-corrected chi connectivity index (χ0v) is 10.1. The molecule has 0 atom stereocenters. The van der Waals surface area contributed by atoms with Gasteiger partial charge in [0.25, 0.3) is 5.69 Å². The molecule has 1 heterocycles. The van der Waals surface area contributed by atoms with Crippen LogP contribution in [0.1, 0.15) is 11.1 Å². The average molecular weight is 247 g/mol. The predicted molar refractivity (Wildman–Crippen MR) is 66.1 cm³/mol. The van der Waals surface area contributed by atoms with Crippen LogP contribution in [0.15, 0.2) is 28.9 Å². The monoisotopic (exact) mass is 247 g/mol. The van der Waals surface area contributed by atoms with Crippen LogP contribution in [0.25, 0.3) is 11.3 Å². The van der Waals surface area contributed by atoms with E-state index >= 15 is 0 Å². The maximum atomic E-state index is 10.9. The van der Waals surface area contributed by atoms with Crippen molar-refractivity contribution in [3.63, 3.8) is 0 Å². The maximum Gasteiger partial charge on any atom is 0.273 e. The first-order valence-electron chi connectivity index (χ1n) is 5.47. The fourth-order valence-electron chi connectivity index (χ4n) is 1.76. The third kappa shape index (κ3) is 2.23. The molecular formula is C12H13N3O3. The van der Waals surface area contributed by atoms with Crippen LogP contribution < -0.4 is 5.32 Å². The van der Waals surface area contributed by atoms with Crippen molar-refractivity contribution in [3.05, 3.63) is 45.6 Å². The van der Waals surface area contributed by atoms with Gasteiger partial charge in [-0.05, 0) is 14.0 Å². The van der Waals surface area contributed by atoms with Gasteiger partial charge in [0.2, 0.25) is 0 Å². The topological polar surface area (TPSA) is 81.2 Å². The van der Waals surface area contributed by atoms with Gasteiger partial charge in [0.05, 0.1) is 11.1 Å². The van der Waals surface area contributed by atoms with Crippen molar-refractivity contribution >= 4 is 5.69 Å². The fraction of sp³-hybridized carbons (Fsp3) is 0.250. The van der Waals surface area contributed by atoms with Gasteiger partial charge in [-0.2, -0.15) is 0 Å². The van der Waals surface area contributed by atoms with Crippen molar-refractivity contribution < 1.29 is 9.45 Å². The molecule has 1 aromatic carbocycles. The molecule has 0 aliphatic carbocycles. The summed E-state index contributed by atoms with van der Waals surface area (Å²) in [4.78, 5) is 10.5. The molecule has 1 N–H and O–H groups in total. The second-order valence-corrected chi connectivity index (χ2v) is 3.97. The number of rotatable bonds is 4. The number of nitro benzene ring substituents is 1. The first-order chi connectivity index (χ1) is 8.63. The highest BCUT2D eigenvalue weighted by molar-refractivity contribution is 5.65. The summed E-state index contributed by atoms with van der Waals surface area (Å²) in [5.41, 5.74) is 2.24. The summed E-state index contributed by atoms with van der Waals surface area (Å²) >= 11 is 0. The van der Waals surface area contributed by atoms with E-state index < -0.39 is 4.92 Å². The molecule has 2 aromatic rings. The minimum atomic E-state index is -0.396. The molecule has 0 spiro atoms. The van der Waals surface area contributed by atoms with Gasteiger partial charge >= 0.3 is 0 Å². The number of hydrogen-bond acceptors (Lipinski definition) is 5. The summed E-state index contributed by atoms with van der Waals surface area (Å²) in [5.74, 6) is 0.562. The van der Waals surface area contributed by atoms with E-state index in [9.17, 15) is 10.1 Å². The molecule has 0 saturated heterocycles. The van der Waals surface area contributed by atoms with Crippen molar-refractivity contribution in [3.8, 4) is 11.3 Å². The lowest BCUT2D eigenvalue weighted by atomic mass is 10.1. The largest absolute Gasteiger partial charge is 0.356 e. The van der Waals surface area contributed by atoms with Crippen LogP contribution in [0.4, 0.5) is 5.69 Å². The van der Waals surface area contributed by atoms with Gasteiger partial charge in [0.1, 0.15) is 0 Å². The zero-order chi connectivity index (χ0) is 13.1. The Morgan fingerprint density at radius 1 is 1.50 bits per heavy atom. The van der Waals surface area contributed by atoms with E-state index in [-0.39, 0.29) is 5.69 Å². The van der Waals surface area contributed by atoms with E-state index in [0.29, 0.717) is 23.4 Å². The molecule has 6 heteroatoms. The van der Waals surface area contributed by atoms with E-state index in [1.165, 1.54) is 6.07 Å². The van der Waals surface area contributed by atoms with E-state index in [4.69, 9.17) is 4.52 Å². The minimum Gasteiger partial charge on any atom is -0.356 e. The van der Waals surface area contributed by atoms with Gasteiger partial charge < -0.3 is 9.84 Å². The molecule has 0 unspecified atom stereocenters. The number of aryl methyl sites for hydroxylation is 1. The Balaban J connectivity index is 2.47. The van der Waals surface area contributed by atoms with E-state index in [1.54, 1.807) is 25.3 Å². The Kier molecular flexibility index (Phi) is 3.38. The molecule has 0 fully saturated rings. The summed E-state index contributed by atoms with van der Waals surface area (Å²) < 4.78 is 5.17.